The maximum atomic E-state index is 12.8. The van der Waals surface area contributed by atoms with Gasteiger partial charge in [0.05, 0.1) is 12.4 Å². The normalized spacial score (nSPS) is 18.4. The fourth-order valence-corrected chi connectivity index (χ4v) is 3.86. The predicted octanol–water partition coefficient (Wildman–Crippen LogP) is 1.58. The molecule has 1 aromatic heterocycles. The van der Waals surface area contributed by atoms with Crippen molar-refractivity contribution in [2.45, 2.75) is 6.92 Å². The fraction of sp³-hybridized carbons (Fsp3) is 0.476. The van der Waals surface area contributed by atoms with Crippen LogP contribution in [-0.2, 0) is 0 Å². The van der Waals surface area contributed by atoms with Gasteiger partial charge in [-0.3, -0.25) is 4.79 Å². The van der Waals surface area contributed by atoms with Crippen LogP contribution in [0.15, 0.2) is 42.7 Å². The van der Waals surface area contributed by atoms with E-state index in [0.717, 1.165) is 51.6 Å². The van der Waals surface area contributed by atoms with Gasteiger partial charge in [-0.05, 0) is 18.7 Å². The number of hydrogen-bond donors (Lipinski definition) is 0. The van der Waals surface area contributed by atoms with E-state index < -0.39 is 0 Å². The first-order valence-corrected chi connectivity index (χ1v) is 10.1. The Bertz CT molecular complexity index is 765. The van der Waals surface area contributed by atoms with Crippen LogP contribution >= 0.6 is 0 Å². The Morgan fingerprint density at radius 3 is 2.14 bits per heavy atom. The smallest absolute Gasteiger partial charge is 0.274 e. The topological polar surface area (TPSA) is 55.8 Å². The second kappa shape index (κ2) is 8.56. The average Bonchev–Trinajstić information content (AvgIpc) is 2.79. The Morgan fingerprint density at radius 2 is 1.54 bits per heavy atom. The summed E-state index contributed by atoms with van der Waals surface area (Å²) in [5.41, 5.74) is 1.64. The van der Waals surface area contributed by atoms with Crippen LogP contribution in [0.5, 0.6) is 0 Å². The number of aromatic nitrogens is 2. The molecule has 1 aromatic carbocycles. The zero-order chi connectivity index (χ0) is 19.3. The molecule has 2 aliphatic rings. The minimum atomic E-state index is -0.0254. The highest BCUT2D eigenvalue weighted by Gasteiger charge is 2.24. The first-order chi connectivity index (χ1) is 13.7. The molecule has 2 aliphatic heterocycles. The van der Waals surface area contributed by atoms with E-state index in [0.29, 0.717) is 18.8 Å². The molecule has 0 N–H and O–H groups in total. The maximum Gasteiger partial charge on any atom is 0.274 e. The number of hydrogen-bond acceptors (Lipinski definition) is 6. The molecule has 1 amide bonds. The van der Waals surface area contributed by atoms with Gasteiger partial charge in [0.1, 0.15) is 11.5 Å². The summed E-state index contributed by atoms with van der Waals surface area (Å²) in [6.45, 7) is 10.4. The number of likely N-dealkylation sites (N-methyl/N-ethyl adjacent to an activating group) is 1. The Labute approximate surface area is 166 Å². The van der Waals surface area contributed by atoms with Gasteiger partial charge in [0.2, 0.25) is 0 Å². The molecule has 2 saturated heterocycles. The second-order valence-electron chi connectivity index (χ2n) is 7.30. The van der Waals surface area contributed by atoms with Crippen LogP contribution in [-0.4, -0.2) is 84.6 Å². The van der Waals surface area contributed by atoms with Gasteiger partial charge in [0.15, 0.2) is 0 Å². The zero-order valence-corrected chi connectivity index (χ0v) is 16.5. The van der Waals surface area contributed by atoms with Gasteiger partial charge in [-0.2, -0.15) is 0 Å². The van der Waals surface area contributed by atoms with Crippen molar-refractivity contribution in [3.05, 3.63) is 48.4 Å². The van der Waals surface area contributed by atoms with Crippen LogP contribution in [0.3, 0.4) is 0 Å². The number of benzene rings is 1. The molecule has 7 nitrogen and oxygen atoms in total. The van der Waals surface area contributed by atoms with Crippen LogP contribution in [0.4, 0.5) is 11.5 Å². The van der Waals surface area contributed by atoms with Crippen molar-refractivity contribution in [1.82, 2.24) is 19.8 Å². The summed E-state index contributed by atoms with van der Waals surface area (Å²) < 4.78 is 0. The van der Waals surface area contributed by atoms with Crippen LogP contribution in [0, 0.1) is 0 Å². The molecule has 2 aromatic rings. The van der Waals surface area contributed by atoms with Gasteiger partial charge in [0.25, 0.3) is 5.91 Å². The van der Waals surface area contributed by atoms with Crippen molar-refractivity contribution in [3.8, 4) is 0 Å². The largest absolute Gasteiger partial charge is 0.368 e. The number of nitrogens with zero attached hydrogens (tertiary/aromatic N) is 6. The lowest BCUT2D eigenvalue weighted by Gasteiger charge is -2.36. The minimum Gasteiger partial charge on any atom is -0.368 e. The first-order valence-electron chi connectivity index (χ1n) is 10.1. The lowest BCUT2D eigenvalue weighted by atomic mass is 10.2. The number of carbonyl (C=O) groups excluding carboxylic acids is 1. The number of para-hydroxylation sites is 1. The highest BCUT2D eigenvalue weighted by atomic mass is 16.2. The molecule has 0 bridgehead atoms. The monoisotopic (exact) mass is 380 g/mol. The zero-order valence-electron chi connectivity index (χ0n) is 16.5. The molecular formula is C21H28N6O. The predicted molar refractivity (Wildman–Crippen MR) is 111 cm³/mol. The first kappa shape index (κ1) is 18.7. The van der Waals surface area contributed by atoms with Crippen LogP contribution in [0.1, 0.15) is 17.4 Å². The van der Waals surface area contributed by atoms with E-state index in [4.69, 9.17) is 0 Å². The van der Waals surface area contributed by atoms with Crippen molar-refractivity contribution in [3.63, 3.8) is 0 Å². The highest BCUT2D eigenvalue weighted by Crippen LogP contribution is 2.17. The van der Waals surface area contributed by atoms with E-state index in [9.17, 15) is 4.79 Å². The van der Waals surface area contributed by atoms with Gasteiger partial charge in [-0.15, -0.1) is 0 Å². The van der Waals surface area contributed by atoms with E-state index in [1.165, 1.54) is 5.69 Å². The lowest BCUT2D eigenvalue weighted by molar-refractivity contribution is 0.0740. The standard InChI is InChI=1S/C21H28N6O/c1-2-24-8-10-26(11-9-24)20-17-22-19(16-23-20)21(28)27-14-12-25(13-15-27)18-6-4-3-5-7-18/h3-7,16-17H,2,8-15H2,1H3. The molecule has 0 unspecified atom stereocenters. The third-order valence-corrected chi connectivity index (χ3v) is 5.69. The Morgan fingerprint density at radius 1 is 0.857 bits per heavy atom. The van der Waals surface area contributed by atoms with Crippen molar-refractivity contribution >= 4 is 17.4 Å². The molecule has 0 radical (unpaired) electrons. The van der Waals surface area contributed by atoms with Gasteiger partial charge >= 0.3 is 0 Å². The van der Waals surface area contributed by atoms with Crippen molar-refractivity contribution < 1.29 is 4.79 Å². The van der Waals surface area contributed by atoms with Gasteiger partial charge in [-0.25, -0.2) is 9.97 Å². The summed E-state index contributed by atoms with van der Waals surface area (Å²) >= 11 is 0. The summed E-state index contributed by atoms with van der Waals surface area (Å²) in [7, 11) is 0. The number of rotatable bonds is 4. The van der Waals surface area contributed by atoms with Crippen LogP contribution in [0.25, 0.3) is 0 Å². The molecule has 4 rings (SSSR count). The van der Waals surface area contributed by atoms with Crippen molar-refractivity contribution in [1.29, 1.82) is 0 Å². The number of piperazine rings is 2. The maximum absolute atomic E-state index is 12.8. The highest BCUT2D eigenvalue weighted by molar-refractivity contribution is 5.92. The molecule has 3 heterocycles. The molecule has 0 atom stereocenters. The van der Waals surface area contributed by atoms with Gasteiger partial charge < -0.3 is 19.6 Å². The van der Waals surface area contributed by atoms with Crippen molar-refractivity contribution in [2.24, 2.45) is 0 Å². The molecule has 0 aliphatic carbocycles. The Balaban J connectivity index is 1.33. The van der Waals surface area contributed by atoms with Crippen LogP contribution in [0.2, 0.25) is 0 Å². The molecule has 7 heteroatoms. The summed E-state index contributed by atoms with van der Waals surface area (Å²) in [4.78, 5) is 30.6. The van der Waals surface area contributed by atoms with E-state index >= 15 is 0 Å². The minimum absolute atomic E-state index is 0.0254. The summed E-state index contributed by atoms with van der Waals surface area (Å²) in [6, 6.07) is 10.3. The summed E-state index contributed by atoms with van der Waals surface area (Å²) in [5, 5.41) is 0. The number of carbonyl (C=O) groups is 1. The molecular weight excluding hydrogens is 352 g/mol. The van der Waals surface area contributed by atoms with E-state index in [1.54, 1.807) is 12.4 Å². The SMILES string of the molecule is CCN1CCN(c2cnc(C(=O)N3CCN(c4ccccc4)CC3)cn2)CC1. The Kier molecular flexibility index (Phi) is 5.71. The number of anilines is 2. The summed E-state index contributed by atoms with van der Waals surface area (Å²) in [5.74, 6) is 0.837. The van der Waals surface area contributed by atoms with Gasteiger partial charge in [0, 0.05) is 58.0 Å². The third-order valence-electron chi connectivity index (χ3n) is 5.69. The molecule has 28 heavy (non-hydrogen) atoms. The van der Waals surface area contributed by atoms with Crippen molar-refractivity contribution in [2.75, 3.05) is 68.7 Å². The quantitative estimate of drug-likeness (QED) is 0.803. The van der Waals surface area contributed by atoms with E-state index in [2.05, 4.69) is 43.7 Å². The van der Waals surface area contributed by atoms with E-state index in [-0.39, 0.29) is 5.91 Å². The summed E-state index contributed by atoms with van der Waals surface area (Å²) in [6.07, 6.45) is 3.38. The number of amides is 1. The molecule has 2 fully saturated rings. The molecule has 0 saturated carbocycles. The van der Waals surface area contributed by atoms with Gasteiger partial charge in [-0.1, -0.05) is 25.1 Å². The second-order valence-corrected chi connectivity index (χ2v) is 7.30. The lowest BCUT2D eigenvalue weighted by Crippen LogP contribution is -2.49. The fourth-order valence-electron chi connectivity index (χ4n) is 3.86. The van der Waals surface area contributed by atoms with Crippen LogP contribution < -0.4 is 9.80 Å². The van der Waals surface area contributed by atoms with E-state index in [1.807, 2.05) is 23.1 Å². The average molecular weight is 380 g/mol. The molecule has 0 spiro atoms. The Hall–Kier alpha value is -2.67. The molecule has 148 valence electrons. The third kappa shape index (κ3) is 4.09.